The first-order valence-electron chi connectivity index (χ1n) is 10.2. The first kappa shape index (κ1) is 25.3. The lowest BCUT2D eigenvalue weighted by Crippen LogP contribution is -2.37. The van der Waals surface area contributed by atoms with Gasteiger partial charge in [-0.05, 0) is 55.3 Å². The van der Waals surface area contributed by atoms with E-state index in [9.17, 15) is 21.6 Å². The smallest absolute Gasteiger partial charge is 0.246 e. The Balaban J connectivity index is 1.84. The van der Waals surface area contributed by atoms with E-state index in [2.05, 4.69) is 5.32 Å². The predicted octanol–water partition coefficient (Wildman–Crippen LogP) is 2.93. The van der Waals surface area contributed by atoms with Crippen molar-refractivity contribution >= 4 is 48.9 Å². The van der Waals surface area contributed by atoms with Crippen molar-refractivity contribution in [1.82, 2.24) is 4.31 Å². The van der Waals surface area contributed by atoms with Gasteiger partial charge in [0.2, 0.25) is 26.0 Å². The highest BCUT2D eigenvalue weighted by Crippen LogP contribution is 2.31. The van der Waals surface area contributed by atoms with Crippen LogP contribution in [0.3, 0.4) is 0 Å². The molecular formula is C21H26ClN3O6S2. The molecule has 0 atom stereocenters. The Hall–Kier alpha value is -2.34. The Kier molecular flexibility index (Phi) is 7.88. The van der Waals surface area contributed by atoms with Gasteiger partial charge in [-0.25, -0.2) is 16.8 Å². The Bertz CT molecular complexity index is 1210. The molecule has 0 aromatic heterocycles. The van der Waals surface area contributed by atoms with Crippen LogP contribution >= 0.6 is 11.6 Å². The van der Waals surface area contributed by atoms with Crippen molar-refractivity contribution < 1.29 is 26.4 Å². The first-order chi connectivity index (χ1) is 15.5. The second kappa shape index (κ2) is 10.3. The number of piperidine rings is 1. The summed E-state index contributed by atoms with van der Waals surface area (Å²) in [4.78, 5) is 12.6. The van der Waals surface area contributed by atoms with Gasteiger partial charge in [0.05, 0.1) is 19.1 Å². The van der Waals surface area contributed by atoms with Gasteiger partial charge in [0.1, 0.15) is 17.2 Å². The van der Waals surface area contributed by atoms with Gasteiger partial charge in [-0.3, -0.25) is 9.10 Å². The molecule has 1 heterocycles. The monoisotopic (exact) mass is 515 g/mol. The highest BCUT2D eigenvalue weighted by molar-refractivity contribution is 7.92. The molecule has 1 aliphatic rings. The zero-order chi connectivity index (χ0) is 24.2. The lowest BCUT2D eigenvalue weighted by Gasteiger charge is -2.26. The first-order valence-corrected chi connectivity index (χ1v) is 13.9. The van der Waals surface area contributed by atoms with Crippen LogP contribution in [0, 0.1) is 0 Å². The SMILES string of the molecule is COc1ccc(NC(=O)CN(c2ccc(Cl)cc2)S(C)(=O)=O)cc1S(=O)(=O)N1CCCCC1. The van der Waals surface area contributed by atoms with Crippen LogP contribution < -0.4 is 14.4 Å². The van der Waals surface area contributed by atoms with E-state index >= 15 is 0 Å². The summed E-state index contributed by atoms with van der Waals surface area (Å²) in [6.07, 6.45) is 3.53. The van der Waals surface area contributed by atoms with Gasteiger partial charge < -0.3 is 10.1 Å². The minimum absolute atomic E-state index is 0.0534. The average molecular weight is 516 g/mol. The fraction of sp³-hybridized carbons (Fsp3) is 0.381. The maximum Gasteiger partial charge on any atom is 0.246 e. The molecule has 12 heteroatoms. The number of anilines is 2. The molecule has 0 aliphatic carbocycles. The summed E-state index contributed by atoms with van der Waals surface area (Å²) >= 11 is 5.87. The number of sulfonamides is 2. The third-order valence-corrected chi connectivity index (χ3v) is 8.49. The third kappa shape index (κ3) is 6.17. The minimum atomic E-state index is -3.82. The second-order valence-corrected chi connectivity index (χ2v) is 11.9. The number of nitrogens with one attached hydrogen (secondary N) is 1. The van der Waals surface area contributed by atoms with Gasteiger partial charge in [0, 0.05) is 23.8 Å². The highest BCUT2D eigenvalue weighted by Gasteiger charge is 2.29. The quantitative estimate of drug-likeness (QED) is 0.578. The molecule has 0 bridgehead atoms. The maximum atomic E-state index is 13.2. The Morgan fingerprint density at radius 3 is 2.27 bits per heavy atom. The second-order valence-electron chi connectivity index (χ2n) is 7.62. The molecule has 0 saturated carbocycles. The number of methoxy groups -OCH3 is 1. The fourth-order valence-corrected chi connectivity index (χ4v) is 6.22. The number of halogens is 1. The molecule has 33 heavy (non-hydrogen) atoms. The summed E-state index contributed by atoms with van der Waals surface area (Å²) in [5.74, 6) is -0.473. The minimum Gasteiger partial charge on any atom is -0.495 e. The van der Waals surface area contributed by atoms with E-state index in [0.29, 0.717) is 18.1 Å². The van der Waals surface area contributed by atoms with Gasteiger partial charge in [-0.15, -0.1) is 0 Å². The van der Waals surface area contributed by atoms with E-state index in [0.717, 1.165) is 29.8 Å². The molecule has 2 aromatic carbocycles. The molecule has 1 aliphatic heterocycles. The lowest BCUT2D eigenvalue weighted by molar-refractivity contribution is -0.114. The molecule has 1 fully saturated rings. The van der Waals surface area contributed by atoms with E-state index in [1.165, 1.54) is 53.9 Å². The number of amides is 1. The van der Waals surface area contributed by atoms with Crippen molar-refractivity contribution in [3.8, 4) is 5.75 Å². The van der Waals surface area contributed by atoms with E-state index in [1.54, 1.807) is 0 Å². The maximum absolute atomic E-state index is 13.2. The van der Waals surface area contributed by atoms with Gasteiger partial charge in [-0.1, -0.05) is 18.0 Å². The molecule has 1 saturated heterocycles. The number of nitrogens with zero attached hydrogens (tertiary/aromatic N) is 2. The van der Waals surface area contributed by atoms with Crippen molar-refractivity contribution in [2.75, 3.05) is 42.6 Å². The Morgan fingerprint density at radius 1 is 1.06 bits per heavy atom. The van der Waals surface area contributed by atoms with Crippen LogP contribution in [0.25, 0.3) is 0 Å². The number of hydrogen-bond acceptors (Lipinski definition) is 6. The number of hydrogen-bond donors (Lipinski definition) is 1. The summed E-state index contributed by atoms with van der Waals surface area (Å²) in [6, 6.07) is 10.3. The summed E-state index contributed by atoms with van der Waals surface area (Å²) in [6.45, 7) is 0.347. The molecular weight excluding hydrogens is 490 g/mol. The lowest BCUT2D eigenvalue weighted by atomic mass is 10.2. The number of rotatable bonds is 8. The number of carbonyl (C=O) groups is 1. The van der Waals surface area contributed by atoms with Gasteiger partial charge in [0.25, 0.3) is 0 Å². The zero-order valence-corrected chi connectivity index (χ0v) is 20.7. The van der Waals surface area contributed by atoms with Crippen molar-refractivity contribution in [2.24, 2.45) is 0 Å². The molecule has 0 unspecified atom stereocenters. The van der Waals surface area contributed by atoms with Gasteiger partial charge in [0.15, 0.2) is 0 Å². The topological polar surface area (TPSA) is 113 Å². The van der Waals surface area contributed by atoms with E-state index in [1.807, 2.05) is 0 Å². The largest absolute Gasteiger partial charge is 0.495 e. The van der Waals surface area contributed by atoms with Crippen molar-refractivity contribution in [1.29, 1.82) is 0 Å². The van der Waals surface area contributed by atoms with Crippen LogP contribution in [0.15, 0.2) is 47.4 Å². The third-order valence-electron chi connectivity index (χ3n) is 5.18. The van der Waals surface area contributed by atoms with Crippen molar-refractivity contribution in [3.63, 3.8) is 0 Å². The summed E-state index contributed by atoms with van der Waals surface area (Å²) < 4.78 is 58.4. The Morgan fingerprint density at radius 2 is 1.70 bits per heavy atom. The molecule has 1 amide bonds. The molecule has 1 N–H and O–H groups in total. The number of carbonyl (C=O) groups excluding carboxylic acids is 1. The predicted molar refractivity (Wildman–Crippen MR) is 128 cm³/mol. The molecule has 3 rings (SSSR count). The zero-order valence-electron chi connectivity index (χ0n) is 18.3. The summed E-state index contributed by atoms with van der Waals surface area (Å²) in [5, 5.41) is 3.01. The van der Waals surface area contributed by atoms with Crippen LogP contribution in [0.2, 0.25) is 5.02 Å². The van der Waals surface area contributed by atoms with Crippen LogP contribution in [0.1, 0.15) is 19.3 Å². The fourth-order valence-electron chi connectivity index (χ4n) is 3.54. The van der Waals surface area contributed by atoms with Crippen molar-refractivity contribution in [2.45, 2.75) is 24.2 Å². The van der Waals surface area contributed by atoms with E-state index in [4.69, 9.17) is 16.3 Å². The van der Waals surface area contributed by atoms with Crippen LogP contribution in [0.4, 0.5) is 11.4 Å². The molecule has 180 valence electrons. The molecule has 9 nitrogen and oxygen atoms in total. The summed E-state index contributed by atoms with van der Waals surface area (Å²) in [5.41, 5.74) is 0.487. The number of benzene rings is 2. The van der Waals surface area contributed by atoms with Gasteiger partial charge >= 0.3 is 0 Å². The normalized spacial score (nSPS) is 15.1. The average Bonchev–Trinajstić information content (AvgIpc) is 2.78. The highest BCUT2D eigenvalue weighted by atomic mass is 35.5. The van der Waals surface area contributed by atoms with E-state index < -0.39 is 32.5 Å². The Labute approximate surface area is 199 Å². The summed E-state index contributed by atoms with van der Waals surface area (Å²) in [7, 11) is -6.21. The molecule has 0 spiro atoms. The molecule has 0 radical (unpaired) electrons. The van der Waals surface area contributed by atoms with E-state index in [-0.39, 0.29) is 22.0 Å². The van der Waals surface area contributed by atoms with Crippen LogP contribution in [0.5, 0.6) is 5.75 Å². The standard InChI is InChI=1S/C21H26ClN3O6S2/c1-31-19-11-8-17(14-20(19)33(29,30)24-12-4-3-5-13-24)23-21(26)15-25(32(2,27)28)18-9-6-16(22)7-10-18/h6-11,14H,3-5,12-13,15H2,1-2H3,(H,23,26). The number of ether oxygens (including phenoxy) is 1. The van der Waals surface area contributed by atoms with Crippen LogP contribution in [-0.2, 0) is 24.8 Å². The molecule has 2 aromatic rings. The van der Waals surface area contributed by atoms with Crippen LogP contribution in [-0.4, -0.2) is 60.0 Å². The van der Waals surface area contributed by atoms with Crippen molar-refractivity contribution in [3.05, 3.63) is 47.5 Å². The van der Waals surface area contributed by atoms with Gasteiger partial charge in [-0.2, -0.15) is 4.31 Å².